The fraction of sp³-hybridized carbons (Fsp3) is 0.130. The maximum Gasteiger partial charge on any atom is 0.257 e. The first-order valence-corrected chi connectivity index (χ1v) is 11.0. The molecule has 0 unspecified atom stereocenters. The summed E-state index contributed by atoms with van der Waals surface area (Å²) in [5.41, 5.74) is 1.23. The minimum atomic E-state index is -3.69. The number of hydrogen-bond donors (Lipinski definition) is 2. The van der Waals surface area contributed by atoms with E-state index in [0.29, 0.717) is 17.1 Å². The molecule has 0 fully saturated rings. The van der Waals surface area contributed by atoms with Crippen LogP contribution in [0.3, 0.4) is 0 Å². The summed E-state index contributed by atoms with van der Waals surface area (Å²) in [4.78, 5) is 25.6. The third-order valence-corrected chi connectivity index (χ3v) is 6.43. The highest BCUT2D eigenvalue weighted by molar-refractivity contribution is 7.89. The van der Waals surface area contributed by atoms with Crippen molar-refractivity contribution in [3.8, 4) is 5.75 Å². The molecule has 0 saturated heterocycles. The first-order valence-electron chi connectivity index (χ1n) is 9.61. The molecule has 0 spiro atoms. The van der Waals surface area contributed by atoms with E-state index in [2.05, 4.69) is 10.6 Å². The molecule has 3 aromatic rings. The maximum atomic E-state index is 12.8. The van der Waals surface area contributed by atoms with Gasteiger partial charge in [0.15, 0.2) is 0 Å². The van der Waals surface area contributed by atoms with Gasteiger partial charge >= 0.3 is 0 Å². The highest BCUT2D eigenvalue weighted by atomic mass is 32.2. The first kappa shape index (κ1) is 23.0. The number of carbonyl (C=O) groups is 2. The second-order valence-electron chi connectivity index (χ2n) is 7.00. The zero-order chi connectivity index (χ0) is 23.3. The van der Waals surface area contributed by atoms with Crippen molar-refractivity contribution in [3.05, 3.63) is 83.9 Å². The Morgan fingerprint density at radius 3 is 2.28 bits per heavy atom. The summed E-state index contributed by atoms with van der Waals surface area (Å²) < 4.78 is 31.0. The van der Waals surface area contributed by atoms with Crippen LogP contribution in [0.5, 0.6) is 5.75 Å². The van der Waals surface area contributed by atoms with Crippen molar-refractivity contribution in [1.82, 2.24) is 4.31 Å². The third kappa shape index (κ3) is 5.13. The van der Waals surface area contributed by atoms with Gasteiger partial charge in [0.1, 0.15) is 5.75 Å². The van der Waals surface area contributed by atoms with Crippen LogP contribution < -0.4 is 15.4 Å². The van der Waals surface area contributed by atoms with Gasteiger partial charge in [0.05, 0.1) is 23.3 Å². The molecule has 8 nitrogen and oxygen atoms in total. The van der Waals surface area contributed by atoms with Gasteiger partial charge in [-0.15, -0.1) is 0 Å². The van der Waals surface area contributed by atoms with E-state index in [1.54, 1.807) is 48.5 Å². The van der Waals surface area contributed by atoms with Crippen LogP contribution in [0.15, 0.2) is 77.7 Å². The molecule has 0 aliphatic rings. The SMILES string of the molecule is COc1cccc(NC(=O)c2ccccc2NC(=O)c2cccc(S(=O)(=O)N(C)C)c2)c1. The lowest BCUT2D eigenvalue weighted by Gasteiger charge is -2.14. The molecule has 0 aliphatic heterocycles. The van der Waals surface area contributed by atoms with Crippen molar-refractivity contribution in [2.24, 2.45) is 0 Å². The van der Waals surface area contributed by atoms with Gasteiger partial charge in [0.25, 0.3) is 11.8 Å². The number of methoxy groups -OCH3 is 1. The van der Waals surface area contributed by atoms with Crippen molar-refractivity contribution in [2.75, 3.05) is 31.8 Å². The molecule has 0 aromatic heterocycles. The standard InChI is InChI=1S/C23H23N3O5S/c1-26(2)32(29,30)19-11-6-8-16(14-19)22(27)25-21-13-5-4-12-20(21)23(28)24-17-9-7-10-18(15-17)31-3/h4-15H,1-3H3,(H,24,28)(H,25,27). The van der Waals surface area contributed by atoms with Crippen molar-refractivity contribution in [1.29, 1.82) is 0 Å². The second kappa shape index (κ2) is 9.63. The average molecular weight is 454 g/mol. The monoisotopic (exact) mass is 453 g/mol. The van der Waals surface area contributed by atoms with Gasteiger partial charge in [-0.25, -0.2) is 12.7 Å². The largest absolute Gasteiger partial charge is 0.497 e. The summed E-state index contributed by atoms with van der Waals surface area (Å²) in [7, 11) is 0.675. The summed E-state index contributed by atoms with van der Waals surface area (Å²) in [5, 5.41) is 5.46. The molecule has 3 aromatic carbocycles. The van der Waals surface area contributed by atoms with Gasteiger partial charge < -0.3 is 15.4 Å². The summed E-state index contributed by atoms with van der Waals surface area (Å²) >= 11 is 0. The van der Waals surface area contributed by atoms with E-state index in [4.69, 9.17) is 4.74 Å². The molecular formula is C23H23N3O5S. The van der Waals surface area contributed by atoms with Gasteiger partial charge in [0, 0.05) is 31.4 Å². The molecule has 3 rings (SSSR count). The Morgan fingerprint density at radius 1 is 0.844 bits per heavy atom. The van der Waals surface area contributed by atoms with Crippen LogP contribution in [0.2, 0.25) is 0 Å². The van der Waals surface area contributed by atoms with E-state index in [9.17, 15) is 18.0 Å². The molecule has 0 atom stereocenters. The van der Waals surface area contributed by atoms with Crippen LogP contribution in [0, 0.1) is 0 Å². The number of rotatable bonds is 7. The molecule has 2 amide bonds. The molecule has 166 valence electrons. The third-order valence-electron chi connectivity index (χ3n) is 4.62. The Morgan fingerprint density at radius 2 is 1.56 bits per heavy atom. The first-order chi connectivity index (χ1) is 15.2. The number of hydrogen-bond acceptors (Lipinski definition) is 5. The lowest BCUT2D eigenvalue weighted by atomic mass is 10.1. The average Bonchev–Trinajstić information content (AvgIpc) is 2.79. The Balaban J connectivity index is 1.83. The van der Waals surface area contributed by atoms with E-state index in [0.717, 1.165) is 4.31 Å². The van der Waals surface area contributed by atoms with E-state index < -0.39 is 21.8 Å². The number of anilines is 2. The van der Waals surface area contributed by atoms with E-state index in [1.165, 1.54) is 45.5 Å². The van der Waals surface area contributed by atoms with Crippen LogP contribution in [0.1, 0.15) is 20.7 Å². The molecule has 0 aliphatic carbocycles. The molecular weight excluding hydrogens is 430 g/mol. The number of nitrogens with zero attached hydrogens (tertiary/aromatic N) is 1. The summed E-state index contributed by atoms with van der Waals surface area (Å²) in [5.74, 6) is -0.363. The smallest absolute Gasteiger partial charge is 0.257 e. The normalized spacial score (nSPS) is 11.1. The number of nitrogens with one attached hydrogen (secondary N) is 2. The van der Waals surface area contributed by atoms with E-state index in [-0.39, 0.29) is 16.0 Å². The number of ether oxygens (including phenoxy) is 1. The quantitative estimate of drug-likeness (QED) is 0.570. The molecule has 32 heavy (non-hydrogen) atoms. The number of sulfonamides is 1. The molecule has 0 radical (unpaired) electrons. The zero-order valence-corrected chi connectivity index (χ0v) is 18.6. The van der Waals surface area contributed by atoms with Gasteiger partial charge in [-0.3, -0.25) is 9.59 Å². The van der Waals surface area contributed by atoms with Crippen LogP contribution in [0.4, 0.5) is 11.4 Å². The van der Waals surface area contributed by atoms with Gasteiger partial charge in [0.2, 0.25) is 10.0 Å². The van der Waals surface area contributed by atoms with E-state index in [1.807, 2.05) is 0 Å². The number of amides is 2. The second-order valence-corrected chi connectivity index (χ2v) is 9.15. The highest BCUT2D eigenvalue weighted by Gasteiger charge is 2.20. The molecule has 0 heterocycles. The Hall–Kier alpha value is -3.69. The van der Waals surface area contributed by atoms with Crippen LogP contribution >= 0.6 is 0 Å². The fourth-order valence-corrected chi connectivity index (χ4v) is 3.84. The Kier molecular flexibility index (Phi) is 6.92. The van der Waals surface area contributed by atoms with Crippen LogP contribution in [-0.4, -0.2) is 45.7 Å². The summed E-state index contributed by atoms with van der Waals surface area (Å²) in [6.45, 7) is 0. The fourth-order valence-electron chi connectivity index (χ4n) is 2.89. The van der Waals surface area contributed by atoms with Crippen molar-refractivity contribution < 1.29 is 22.7 Å². The topological polar surface area (TPSA) is 105 Å². The molecule has 0 saturated carbocycles. The number of benzene rings is 3. The van der Waals surface area contributed by atoms with Crippen molar-refractivity contribution >= 4 is 33.2 Å². The predicted molar refractivity (Wildman–Crippen MR) is 123 cm³/mol. The zero-order valence-electron chi connectivity index (χ0n) is 17.8. The highest BCUT2D eigenvalue weighted by Crippen LogP contribution is 2.22. The van der Waals surface area contributed by atoms with Crippen LogP contribution in [0.25, 0.3) is 0 Å². The summed E-state index contributed by atoms with van der Waals surface area (Å²) in [6, 6.07) is 19.2. The van der Waals surface area contributed by atoms with Crippen molar-refractivity contribution in [3.63, 3.8) is 0 Å². The Labute approximate surface area is 186 Å². The Bertz CT molecular complexity index is 1260. The number of carbonyl (C=O) groups excluding carboxylic acids is 2. The molecule has 9 heteroatoms. The predicted octanol–water partition coefficient (Wildman–Crippen LogP) is 3.45. The van der Waals surface area contributed by atoms with Gasteiger partial charge in [-0.1, -0.05) is 24.3 Å². The number of para-hydroxylation sites is 1. The van der Waals surface area contributed by atoms with Gasteiger partial charge in [-0.2, -0.15) is 0 Å². The molecule has 2 N–H and O–H groups in total. The van der Waals surface area contributed by atoms with Crippen LogP contribution in [-0.2, 0) is 10.0 Å². The lowest BCUT2D eigenvalue weighted by Crippen LogP contribution is -2.23. The van der Waals surface area contributed by atoms with E-state index >= 15 is 0 Å². The maximum absolute atomic E-state index is 12.8. The minimum Gasteiger partial charge on any atom is -0.497 e. The van der Waals surface area contributed by atoms with Gasteiger partial charge in [-0.05, 0) is 42.5 Å². The van der Waals surface area contributed by atoms with Crippen molar-refractivity contribution in [2.45, 2.75) is 4.90 Å². The molecule has 0 bridgehead atoms. The minimum absolute atomic E-state index is 0.000738. The lowest BCUT2D eigenvalue weighted by molar-refractivity contribution is 0.102. The summed E-state index contributed by atoms with van der Waals surface area (Å²) in [6.07, 6.45) is 0.